The first-order chi connectivity index (χ1) is 19.1. The molecule has 6 rings (SSSR count). The van der Waals surface area contributed by atoms with Gasteiger partial charge in [-0.25, -0.2) is 13.9 Å². The number of fused-ring (bicyclic) bond motifs is 2. The predicted molar refractivity (Wildman–Crippen MR) is 139 cm³/mol. The summed E-state index contributed by atoms with van der Waals surface area (Å²) >= 11 is 6.37. The Kier molecular flexibility index (Phi) is 6.48. The van der Waals surface area contributed by atoms with Crippen LogP contribution in [-0.4, -0.2) is 32.6 Å². The second-order valence-corrected chi connectivity index (χ2v) is 10.5. The normalized spacial score (nSPS) is 20.8. The molecule has 1 saturated carbocycles. The van der Waals surface area contributed by atoms with Crippen LogP contribution in [-0.2, 0) is 4.79 Å². The molecule has 2 aromatic heterocycles. The second-order valence-electron chi connectivity index (χ2n) is 10.1. The van der Waals surface area contributed by atoms with Crippen LogP contribution in [0.25, 0.3) is 16.8 Å². The molecule has 1 fully saturated rings. The fourth-order valence-electron chi connectivity index (χ4n) is 5.62. The summed E-state index contributed by atoms with van der Waals surface area (Å²) in [7, 11) is 0. The Morgan fingerprint density at radius 3 is 2.73 bits per heavy atom. The zero-order valence-corrected chi connectivity index (χ0v) is 21.6. The van der Waals surface area contributed by atoms with Gasteiger partial charge in [0.25, 0.3) is 5.91 Å². The van der Waals surface area contributed by atoms with Crippen molar-refractivity contribution >= 4 is 34.7 Å². The molecule has 3 heterocycles. The molecule has 206 valence electrons. The van der Waals surface area contributed by atoms with E-state index in [-0.39, 0.29) is 41.1 Å². The largest absolute Gasteiger partial charge is 0.391 e. The molecule has 3 atom stereocenters. The van der Waals surface area contributed by atoms with Gasteiger partial charge in [-0.05, 0) is 67.3 Å². The van der Waals surface area contributed by atoms with Crippen LogP contribution >= 0.6 is 11.6 Å². The Morgan fingerprint density at radius 2 is 1.93 bits per heavy atom. The Balaban J connectivity index is 1.44. The van der Waals surface area contributed by atoms with Gasteiger partial charge in [0.15, 0.2) is 5.65 Å². The molecule has 0 spiro atoms. The molecule has 0 bridgehead atoms. The highest BCUT2D eigenvalue weighted by Crippen LogP contribution is 2.43. The van der Waals surface area contributed by atoms with Crippen molar-refractivity contribution in [2.45, 2.75) is 37.9 Å². The lowest BCUT2D eigenvalue weighted by Gasteiger charge is -2.30. The Morgan fingerprint density at radius 1 is 1.10 bits per heavy atom. The third kappa shape index (κ3) is 4.78. The van der Waals surface area contributed by atoms with E-state index in [9.17, 15) is 27.2 Å². The topological polar surface area (TPSA) is 88.4 Å². The van der Waals surface area contributed by atoms with Gasteiger partial charge in [0.05, 0.1) is 12.0 Å². The number of amides is 2. The number of alkyl halides is 3. The maximum Gasteiger partial charge on any atom is 0.391 e. The van der Waals surface area contributed by atoms with Gasteiger partial charge in [0.2, 0.25) is 5.91 Å². The van der Waals surface area contributed by atoms with Crippen molar-refractivity contribution in [1.29, 1.82) is 0 Å². The fraction of sp³-hybridized carbons (Fsp3) is 0.286. The summed E-state index contributed by atoms with van der Waals surface area (Å²) in [6, 6.07) is 9.69. The zero-order valence-electron chi connectivity index (χ0n) is 20.8. The molecule has 12 heteroatoms. The molecule has 1 aliphatic heterocycles. The molecular weight excluding hydrogens is 550 g/mol. The molecule has 0 unspecified atom stereocenters. The summed E-state index contributed by atoms with van der Waals surface area (Å²) in [6.45, 7) is 0. The summed E-state index contributed by atoms with van der Waals surface area (Å²) in [5.41, 5.74) is 2.93. The number of hydrogen-bond acceptors (Lipinski definition) is 4. The first-order valence-corrected chi connectivity index (χ1v) is 13.1. The first-order valence-electron chi connectivity index (χ1n) is 12.7. The van der Waals surface area contributed by atoms with Gasteiger partial charge >= 0.3 is 6.18 Å². The van der Waals surface area contributed by atoms with Crippen molar-refractivity contribution in [2.75, 3.05) is 5.32 Å². The number of carbonyl (C=O) groups is 2. The third-order valence-electron chi connectivity index (χ3n) is 7.63. The number of pyridine rings is 1. The van der Waals surface area contributed by atoms with Gasteiger partial charge in [0, 0.05) is 45.1 Å². The van der Waals surface area contributed by atoms with E-state index >= 15 is 0 Å². The minimum Gasteiger partial charge on any atom is -0.341 e. The smallest absolute Gasteiger partial charge is 0.341 e. The van der Waals surface area contributed by atoms with E-state index in [0.717, 1.165) is 0 Å². The molecule has 40 heavy (non-hydrogen) atoms. The average molecular weight is 572 g/mol. The number of anilines is 1. The van der Waals surface area contributed by atoms with Gasteiger partial charge < -0.3 is 10.6 Å². The molecule has 0 radical (unpaired) electrons. The number of benzene rings is 2. The standard InChI is InChI=1S/C28H22ClF4N5O2/c29-21-6-5-18(30)11-19(21)25-24-20(27(40)37-25)9-16(15-4-7-23-34-13-35-38(23)12-15)10-22(24)36-26(39)14-2-1-3-17(8-14)28(31,32)33/h4-7,9-14,17,25H,1-3,8H2,(H,36,39)(H,37,40)/t14-,17+,25+/m0/s1. The van der Waals surface area contributed by atoms with Crippen LogP contribution in [0.15, 0.2) is 55.0 Å². The highest BCUT2D eigenvalue weighted by Gasteiger charge is 2.44. The highest BCUT2D eigenvalue weighted by atomic mass is 35.5. The monoisotopic (exact) mass is 571 g/mol. The fourth-order valence-corrected chi connectivity index (χ4v) is 5.85. The van der Waals surface area contributed by atoms with Gasteiger partial charge in [0.1, 0.15) is 12.1 Å². The summed E-state index contributed by atoms with van der Waals surface area (Å²) < 4.78 is 56.1. The van der Waals surface area contributed by atoms with E-state index in [1.165, 1.54) is 24.5 Å². The van der Waals surface area contributed by atoms with Crippen LogP contribution in [0, 0.1) is 17.7 Å². The van der Waals surface area contributed by atoms with E-state index in [2.05, 4.69) is 20.7 Å². The second kappa shape index (κ2) is 9.88. The predicted octanol–water partition coefficient (Wildman–Crippen LogP) is 6.33. The lowest BCUT2D eigenvalue weighted by atomic mass is 9.80. The van der Waals surface area contributed by atoms with Crippen molar-refractivity contribution in [3.63, 3.8) is 0 Å². The molecule has 2 amide bonds. The molecule has 2 aliphatic rings. The Labute approximate surface area is 230 Å². The molecule has 7 nitrogen and oxygen atoms in total. The van der Waals surface area contributed by atoms with E-state index in [1.807, 2.05) is 0 Å². The van der Waals surface area contributed by atoms with Crippen LogP contribution in [0.1, 0.15) is 53.2 Å². The number of rotatable bonds is 4. The van der Waals surface area contributed by atoms with Crippen LogP contribution in [0.5, 0.6) is 0 Å². The van der Waals surface area contributed by atoms with Crippen molar-refractivity contribution in [1.82, 2.24) is 19.9 Å². The molecule has 0 saturated heterocycles. The Bertz CT molecular complexity index is 1650. The van der Waals surface area contributed by atoms with Crippen LogP contribution in [0.3, 0.4) is 0 Å². The number of halogens is 5. The molecule has 2 N–H and O–H groups in total. The summed E-state index contributed by atoms with van der Waals surface area (Å²) in [6.07, 6.45) is -1.00. The van der Waals surface area contributed by atoms with E-state index in [0.29, 0.717) is 28.8 Å². The maximum atomic E-state index is 14.2. The highest BCUT2D eigenvalue weighted by molar-refractivity contribution is 6.31. The SMILES string of the molecule is O=C1N[C@H](c2cc(F)ccc2Cl)c2c(NC(=O)[C@H]3CCC[C@@H](C(F)(F)F)C3)cc(-c3ccc4ncnn4c3)cc21. The van der Waals surface area contributed by atoms with Crippen LogP contribution in [0.2, 0.25) is 5.02 Å². The van der Waals surface area contributed by atoms with Crippen molar-refractivity contribution in [3.8, 4) is 11.1 Å². The van der Waals surface area contributed by atoms with Gasteiger partial charge in [-0.3, -0.25) is 9.59 Å². The number of nitrogens with one attached hydrogen (secondary N) is 2. The molecular formula is C28H22ClF4N5O2. The minimum atomic E-state index is -4.38. The zero-order chi connectivity index (χ0) is 28.2. The number of aromatic nitrogens is 3. The van der Waals surface area contributed by atoms with Crippen molar-refractivity contribution in [3.05, 3.63) is 82.5 Å². The Hall–Kier alpha value is -3.99. The van der Waals surface area contributed by atoms with Gasteiger partial charge in [-0.1, -0.05) is 18.0 Å². The summed E-state index contributed by atoms with van der Waals surface area (Å²) in [5.74, 6) is -4.00. The number of carbonyl (C=O) groups excluding carboxylic acids is 2. The third-order valence-corrected chi connectivity index (χ3v) is 7.98. The molecule has 1 aliphatic carbocycles. The first kappa shape index (κ1) is 26.2. The van der Waals surface area contributed by atoms with E-state index in [4.69, 9.17) is 11.6 Å². The lowest BCUT2D eigenvalue weighted by molar-refractivity contribution is -0.185. The van der Waals surface area contributed by atoms with E-state index < -0.39 is 41.7 Å². The van der Waals surface area contributed by atoms with Gasteiger partial charge in [-0.15, -0.1) is 0 Å². The van der Waals surface area contributed by atoms with E-state index in [1.54, 1.807) is 35.0 Å². The lowest BCUT2D eigenvalue weighted by Crippen LogP contribution is -2.34. The van der Waals surface area contributed by atoms with Crippen molar-refractivity contribution < 1.29 is 27.2 Å². The summed E-state index contributed by atoms with van der Waals surface area (Å²) in [4.78, 5) is 30.7. The molecule has 4 aromatic rings. The quantitative estimate of drug-likeness (QED) is 0.280. The number of hydrogen-bond donors (Lipinski definition) is 2. The number of nitrogens with zero attached hydrogens (tertiary/aromatic N) is 3. The van der Waals surface area contributed by atoms with Crippen molar-refractivity contribution in [2.24, 2.45) is 11.8 Å². The minimum absolute atomic E-state index is 0.0124. The summed E-state index contributed by atoms with van der Waals surface area (Å²) in [5, 5.41) is 9.96. The van der Waals surface area contributed by atoms with Crippen LogP contribution < -0.4 is 10.6 Å². The average Bonchev–Trinajstić information content (AvgIpc) is 3.53. The maximum absolute atomic E-state index is 14.2. The molecule has 2 aromatic carbocycles. The van der Waals surface area contributed by atoms with Gasteiger partial charge in [-0.2, -0.15) is 18.3 Å². The van der Waals surface area contributed by atoms with Crippen LogP contribution in [0.4, 0.5) is 23.2 Å².